The summed E-state index contributed by atoms with van der Waals surface area (Å²) in [5.74, 6) is 0.460. The van der Waals surface area contributed by atoms with Gasteiger partial charge in [-0.05, 0) is 49.4 Å². The Morgan fingerprint density at radius 2 is 1.76 bits per heavy atom. The maximum absolute atomic E-state index is 13.5. The van der Waals surface area contributed by atoms with Gasteiger partial charge in [-0.25, -0.2) is 4.79 Å². The van der Waals surface area contributed by atoms with Gasteiger partial charge in [0.2, 0.25) is 6.79 Å². The standard InChI is InChI=1S/C28H31F6N3O8/c1-3-7-16-12-18(26(40,27(29,30)31)28(32,33)34)13-19(37(41)42)22(16)43-11-6-5-10-36-23(38)25(4-2,35-24(36)39)17-8-9-20-21(14-17)45-15-44-20/h8-9,12-14,23,38,40H,3-7,10-11,15H2,1-2H3,(H,35,39)/t23-,25?/m0/s1. The largest absolute Gasteiger partial charge is 0.487 e. The second kappa shape index (κ2) is 12.4. The lowest BCUT2D eigenvalue weighted by atomic mass is 9.86. The number of aliphatic hydroxyl groups excluding tert-OH is 1. The van der Waals surface area contributed by atoms with Crippen LogP contribution in [0.25, 0.3) is 0 Å². The summed E-state index contributed by atoms with van der Waals surface area (Å²) in [6.45, 7) is 3.13. The molecule has 17 heteroatoms. The van der Waals surface area contributed by atoms with E-state index in [9.17, 15) is 51.5 Å². The van der Waals surface area contributed by atoms with Gasteiger partial charge in [0.25, 0.3) is 5.60 Å². The van der Waals surface area contributed by atoms with Crippen LogP contribution >= 0.6 is 0 Å². The average molecular weight is 652 g/mol. The number of nitrogens with one attached hydrogen (secondary N) is 1. The van der Waals surface area contributed by atoms with Crippen LogP contribution in [0.1, 0.15) is 56.2 Å². The van der Waals surface area contributed by atoms with Crippen molar-refractivity contribution in [2.24, 2.45) is 0 Å². The van der Waals surface area contributed by atoms with E-state index in [1.165, 1.54) is 4.90 Å². The first kappa shape index (κ1) is 33.9. The third-order valence-electron chi connectivity index (χ3n) is 7.91. The van der Waals surface area contributed by atoms with Crippen molar-refractivity contribution in [3.63, 3.8) is 0 Å². The molecular formula is C28H31F6N3O8. The fourth-order valence-electron chi connectivity index (χ4n) is 5.48. The Morgan fingerprint density at radius 1 is 1.09 bits per heavy atom. The van der Waals surface area contributed by atoms with Gasteiger partial charge in [-0.3, -0.25) is 15.0 Å². The van der Waals surface area contributed by atoms with E-state index in [4.69, 9.17) is 14.2 Å². The number of carbonyl (C=O) groups is 1. The molecule has 2 atom stereocenters. The molecule has 2 aliphatic heterocycles. The van der Waals surface area contributed by atoms with Crippen molar-refractivity contribution in [3.05, 3.63) is 57.1 Å². The van der Waals surface area contributed by atoms with Crippen molar-refractivity contribution in [1.82, 2.24) is 10.2 Å². The Labute approximate surface area is 252 Å². The Hall–Kier alpha value is -3.99. The van der Waals surface area contributed by atoms with Gasteiger partial charge in [0, 0.05) is 23.7 Å². The number of carbonyl (C=O) groups excluding carboxylic acids is 1. The number of alkyl halides is 6. The summed E-state index contributed by atoms with van der Waals surface area (Å²) in [4.78, 5) is 24.6. The molecule has 0 radical (unpaired) electrons. The Balaban J connectivity index is 1.48. The monoisotopic (exact) mass is 651 g/mol. The summed E-state index contributed by atoms with van der Waals surface area (Å²) < 4.78 is 97.2. The van der Waals surface area contributed by atoms with Crippen LogP contribution in [0.5, 0.6) is 17.2 Å². The number of hydrogen-bond donors (Lipinski definition) is 3. The van der Waals surface area contributed by atoms with Crippen LogP contribution < -0.4 is 19.5 Å². The molecule has 3 N–H and O–H groups in total. The number of nitro groups is 1. The van der Waals surface area contributed by atoms with Crippen LogP contribution in [0.4, 0.5) is 36.8 Å². The number of nitrogens with zero attached hydrogens (tertiary/aromatic N) is 2. The van der Waals surface area contributed by atoms with Crippen LogP contribution in [0.2, 0.25) is 0 Å². The molecule has 2 heterocycles. The molecule has 1 saturated heterocycles. The van der Waals surface area contributed by atoms with Crippen molar-refractivity contribution < 1.29 is 60.5 Å². The molecule has 45 heavy (non-hydrogen) atoms. The number of fused-ring (bicyclic) bond motifs is 1. The van der Waals surface area contributed by atoms with Crippen LogP contribution in [0, 0.1) is 10.1 Å². The number of urea groups is 1. The van der Waals surface area contributed by atoms with E-state index in [1.54, 1.807) is 32.0 Å². The van der Waals surface area contributed by atoms with E-state index in [1.807, 2.05) is 0 Å². The average Bonchev–Trinajstić information content (AvgIpc) is 3.53. The predicted molar refractivity (Wildman–Crippen MR) is 144 cm³/mol. The molecule has 4 rings (SSSR count). The molecule has 1 fully saturated rings. The number of nitro benzene ring substituents is 1. The zero-order valence-corrected chi connectivity index (χ0v) is 24.1. The summed E-state index contributed by atoms with van der Waals surface area (Å²) in [5, 5.41) is 35.6. The number of ether oxygens (including phenoxy) is 3. The lowest BCUT2D eigenvalue weighted by Gasteiger charge is -2.33. The molecule has 0 aliphatic carbocycles. The Kier molecular flexibility index (Phi) is 9.36. The molecule has 0 aromatic heterocycles. The van der Waals surface area contributed by atoms with Gasteiger partial charge in [0.15, 0.2) is 23.5 Å². The van der Waals surface area contributed by atoms with Gasteiger partial charge in [-0.2, -0.15) is 26.3 Å². The lowest BCUT2D eigenvalue weighted by molar-refractivity contribution is -0.387. The van der Waals surface area contributed by atoms with Crippen molar-refractivity contribution in [1.29, 1.82) is 0 Å². The number of hydrogen-bond acceptors (Lipinski definition) is 8. The number of rotatable bonds is 12. The number of aliphatic hydroxyl groups is 2. The molecule has 0 spiro atoms. The topological polar surface area (TPSA) is 144 Å². The van der Waals surface area contributed by atoms with E-state index in [0.29, 0.717) is 29.5 Å². The van der Waals surface area contributed by atoms with E-state index < -0.39 is 57.7 Å². The molecular weight excluding hydrogens is 620 g/mol. The lowest BCUT2D eigenvalue weighted by Crippen LogP contribution is -2.54. The predicted octanol–water partition coefficient (Wildman–Crippen LogP) is 5.40. The van der Waals surface area contributed by atoms with Crippen LogP contribution in [-0.4, -0.2) is 64.6 Å². The first-order chi connectivity index (χ1) is 21.0. The number of halogens is 6. The van der Waals surface area contributed by atoms with Gasteiger partial charge in [0.1, 0.15) is 5.54 Å². The number of aryl methyl sites for hydroxylation is 1. The quantitative estimate of drug-likeness (QED) is 0.120. The fraction of sp³-hybridized carbons (Fsp3) is 0.536. The first-order valence-electron chi connectivity index (χ1n) is 14.0. The smallest absolute Gasteiger partial charge is 0.430 e. The SMILES string of the molecule is CCCc1cc(C(O)(C(F)(F)F)C(F)(F)F)cc([N+](=O)[O-])c1OCCCCN1C(=O)NC(CC)(c2ccc3c(c2)OCO3)[C@@H]1O. The summed E-state index contributed by atoms with van der Waals surface area (Å²) in [6.07, 6.45) is -13.1. The summed E-state index contributed by atoms with van der Waals surface area (Å²) in [6, 6.07) is 4.91. The van der Waals surface area contributed by atoms with Gasteiger partial charge >= 0.3 is 24.1 Å². The molecule has 0 bridgehead atoms. The van der Waals surface area contributed by atoms with Crippen LogP contribution in [-0.2, 0) is 17.6 Å². The molecule has 2 aromatic carbocycles. The summed E-state index contributed by atoms with van der Waals surface area (Å²) in [7, 11) is 0. The third kappa shape index (κ3) is 6.02. The highest BCUT2D eigenvalue weighted by Gasteiger charge is 2.71. The van der Waals surface area contributed by atoms with Gasteiger partial charge in [0.05, 0.1) is 11.5 Å². The molecule has 2 amide bonds. The number of unbranched alkanes of at least 4 members (excludes halogenated alkanes) is 1. The third-order valence-corrected chi connectivity index (χ3v) is 7.91. The number of amides is 2. The minimum absolute atomic E-state index is 0.0147. The van der Waals surface area contributed by atoms with Gasteiger partial charge in [-0.1, -0.05) is 26.3 Å². The summed E-state index contributed by atoms with van der Waals surface area (Å²) >= 11 is 0. The normalized spacial score (nSPS) is 20.0. The zero-order valence-electron chi connectivity index (χ0n) is 24.1. The van der Waals surface area contributed by atoms with Crippen LogP contribution in [0.15, 0.2) is 30.3 Å². The maximum atomic E-state index is 13.5. The molecule has 0 saturated carbocycles. The highest BCUT2D eigenvalue weighted by Crippen LogP contribution is 2.52. The van der Waals surface area contributed by atoms with Gasteiger partial charge < -0.3 is 29.7 Å². The second-order valence-corrected chi connectivity index (χ2v) is 10.6. The molecule has 2 aliphatic rings. The zero-order chi connectivity index (χ0) is 33.4. The van der Waals surface area contributed by atoms with Crippen LogP contribution in [0.3, 0.4) is 0 Å². The Bertz CT molecular complexity index is 1420. The van der Waals surface area contributed by atoms with E-state index in [0.717, 1.165) is 0 Å². The highest BCUT2D eigenvalue weighted by molar-refractivity contribution is 5.79. The van der Waals surface area contributed by atoms with E-state index in [2.05, 4.69) is 5.32 Å². The molecule has 11 nitrogen and oxygen atoms in total. The first-order valence-corrected chi connectivity index (χ1v) is 14.0. The van der Waals surface area contributed by atoms with Crippen molar-refractivity contribution >= 4 is 11.7 Å². The van der Waals surface area contributed by atoms with E-state index >= 15 is 0 Å². The summed E-state index contributed by atoms with van der Waals surface area (Å²) in [5.41, 5.74) is -9.17. The molecule has 1 unspecified atom stereocenters. The molecule has 248 valence electrons. The van der Waals surface area contributed by atoms with Crippen molar-refractivity contribution in [2.45, 2.75) is 75.7 Å². The number of benzene rings is 2. The van der Waals surface area contributed by atoms with Crippen molar-refractivity contribution in [3.8, 4) is 17.2 Å². The molecule has 2 aromatic rings. The van der Waals surface area contributed by atoms with Crippen molar-refractivity contribution in [2.75, 3.05) is 19.9 Å². The Morgan fingerprint density at radius 3 is 2.36 bits per heavy atom. The fourth-order valence-corrected chi connectivity index (χ4v) is 5.48. The highest BCUT2D eigenvalue weighted by atomic mass is 19.4. The van der Waals surface area contributed by atoms with E-state index in [-0.39, 0.29) is 57.3 Å². The maximum Gasteiger partial charge on any atom is 0.430 e. The minimum Gasteiger partial charge on any atom is -0.487 e. The second-order valence-electron chi connectivity index (χ2n) is 10.6. The minimum atomic E-state index is -6.23. The van der Waals surface area contributed by atoms with Gasteiger partial charge in [-0.15, -0.1) is 0 Å².